The van der Waals surface area contributed by atoms with E-state index in [0.29, 0.717) is 32.1 Å². The summed E-state index contributed by atoms with van der Waals surface area (Å²) in [6.45, 7) is 13.0. The Balaban J connectivity index is 0.990. The predicted molar refractivity (Wildman–Crippen MR) is 257 cm³/mol. The Hall–Kier alpha value is -2.37. The number of aldehydes is 1. The zero-order valence-corrected chi connectivity index (χ0v) is 44.3. The summed E-state index contributed by atoms with van der Waals surface area (Å²) in [6.07, 6.45) is -26.3. The second-order valence-electron chi connectivity index (χ2n) is 25.5. The first kappa shape index (κ1) is 58.3. The molecule has 0 radical (unpaired) electrons. The smallest absolute Gasteiger partial charge is 0.335 e. The highest BCUT2D eigenvalue weighted by Crippen LogP contribution is 2.76. The Bertz CT molecular complexity index is 2180. The maximum atomic E-state index is 13.8. The molecule has 23 heteroatoms. The van der Waals surface area contributed by atoms with Crippen LogP contribution < -0.4 is 0 Å². The summed E-state index contributed by atoms with van der Waals surface area (Å²) >= 11 is 0. The van der Waals surface area contributed by atoms with Gasteiger partial charge in [0.2, 0.25) is 0 Å². The summed E-state index contributed by atoms with van der Waals surface area (Å²) in [6, 6.07) is 0. The second kappa shape index (κ2) is 20.9. The number of aliphatic hydroxyl groups is 10. The number of carboxylic acid groups (broad SMARTS) is 2. The quantitative estimate of drug-likeness (QED) is 0.0664. The van der Waals surface area contributed by atoms with Crippen LogP contribution in [0.1, 0.15) is 113 Å². The number of carboxylic acids is 2. The largest absolute Gasteiger partial charge is 0.481 e. The van der Waals surface area contributed by atoms with Crippen molar-refractivity contribution >= 4 is 18.2 Å². The average molecular weight is 1090 g/mol. The normalized spacial score (nSPS) is 54.2. The van der Waals surface area contributed by atoms with E-state index in [2.05, 4.69) is 40.7 Å². The molecule has 432 valence electrons. The van der Waals surface area contributed by atoms with Crippen molar-refractivity contribution in [3.63, 3.8) is 0 Å². The van der Waals surface area contributed by atoms with Gasteiger partial charge in [0.25, 0.3) is 0 Å². The lowest BCUT2D eigenvalue weighted by Crippen LogP contribution is -2.69. The molecule has 0 spiro atoms. The molecule has 4 saturated heterocycles. The molecule has 0 bridgehead atoms. The fourth-order valence-electron chi connectivity index (χ4n) is 16.1. The number of carbonyl (C=O) groups is 3. The summed E-state index contributed by atoms with van der Waals surface area (Å²) in [7, 11) is 0. The van der Waals surface area contributed by atoms with Crippen LogP contribution in [0, 0.1) is 50.2 Å². The SMILES string of the molecule is C[C@@H]1O[C@@H](O[C@@H]2[C@@H](O)[C@H](O[C@@H]3[C@H](O[C@@H]4O[C@H](CO)[C@H](O)[C@H](O)[C@H]4O)[C@@H](O)[C@H](O[C@H]4CC[C@@]5(C)C(CC[C@]6(C)C5CC=C5C7CC(C)(C)CC[C@]7(C(=O)O)CCC56C)[C@@]4(C)C=O)O[C@@H]3C(=O)O)OC[C@H]2O)[C@H](O)[C@H](O)[C@H]1O. The minimum atomic E-state index is -2.17. The van der Waals surface area contributed by atoms with Crippen LogP contribution >= 0.6 is 0 Å². The lowest BCUT2D eigenvalue weighted by Gasteiger charge is -2.71. The van der Waals surface area contributed by atoms with E-state index in [1.165, 1.54) is 12.5 Å². The summed E-state index contributed by atoms with van der Waals surface area (Å²) in [5.74, 6) is -2.74. The lowest BCUT2D eigenvalue weighted by molar-refractivity contribution is -0.389. The van der Waals surface area contributed by atoms with Crippen molar-refractivity contribution in [2.75, 3.05) is 13.2 Å². The van der Waals surface area contributed by atoms with Gasteiger partial charge in [-0.05, 0) is 111 Å². The van der Waals surface area contributed by atoms with Gasteiger partial charge in [-0.25, -0.2) is 4.79 Å². The second-order valence-corrected chi connectivity index (χ2v) is 25.5. The van der Waals surface area contributed by atoms with Crippen LogP contribution in [-0.2, 0) is 52.3 Å². The number of hydrogen-bond acceptors (Lipinski definition) is 21. The highest BCUT2D eigenvalue weighted by molar-refractivity contribution is 5.77. The Morgan fingerprint density at radius 1 is 0.658 bits per heavy atom. The number of allylic oxidation sites excluding steroid dienone is 2. The van der Waals surface area contributed by atoms with E-state index in [-0.39, 0.29) is 40.4 Å². The zero-order valence-electron chi connectivity index (χ0n) is 44.3. The molecule has 12 N–H and O–H groups in total. The van der Waals surface area contributed by atoms with Gasteiger partial charge in [-0.3, -0.25) is 4.79 Å². The molecule has 0 aromatic rings. The van der Waals surface area contributed by atoms with Gasteiger partial charge in [0.1, 0.15) is 85.6 Å². The molecular weight excluding hydrogens is 1000 g/mol. The summed E-state index contributed by atoms with van der Waals surface area (Å²) in [5, 5.41) is 130. The van der Waals surface area contributed by atoms with Gasteiger partial charge >= 0.3 is 11.9 Å². The first-order chi connectivity index (χ1) is 35.5. The van der Waals surface area contributed by atoms with Crippen LogP contribution in [0.3, 0.4) is 0 Å². The fraction of sp³-hybridized carbons (Fsp3) is 0.906. The maximum absolute atomic E-state index is 13.8. The number of ether oxygens (including phenoxy) is 8. The topological polar surface area (TPSA) is 368 Å². The van der Waals surface area contributed by atoms with Crippen LogP contribution in [0.5, 0.6) is 0 Å². The molecular formula is C53H82O23. The monoisotopic (exact) mass is 1090 g/mol. The third kappa shape index (κ3) is 9.24. The summed E-state index contributed by atoms with van der Waals surface area (Å²) < 4.78 is 47.3. The summed E-state index contributed by atoms with van der Waals surface area (Å²) in [4.78, 5) is 40.4. The van der Waals surface area contributed by atoms with Gasteiger partial charge in [-0.1, -0.05) is 53.2 Å². The number of rotatable bonds is 12. The minimum Gasteiger partial charge on any atom is -0.481 e. The molecule has 0 aromatic carbocycles. The third-order valence-electron chi connectivity index (χ3n) is 21.0. The highest BCUT2D eigenvalue weighted by atomic mass is 16.8. The van der Waals surface area contributed by atoms with Crippen molar-refractivity contribution < 1.29 is 114 Å². The van der Waals surface area contributed by atoms with Crippen molar-refractivity contribution in [2.45, 2.75) is 235 Å². The number of hydrogen-bond donors (Lipinski definition) is 12. The molecule has 4 heterocycles. The van der Waals surface area contributed by atoms with Gasteiger partial charge in [0, 0.05) is 0 Å². The van der Waals surface area contributed by atoms with Crippen LogP contribution in [-0.4, -0.2) is 216 Å². The van der Waals surface area contributed by atoms with Crippen molar-refractivity contribution in [3.05, 3.63) is 11.6 Å². The van der Waals surface area contributed by atoms with Crippen molar-refractivity contribution in [3.8, 4) is 0 Å². The van der Waals surface area contributed by atoms with E-state index in [1.54, 1.807) is 6.92 Å². The molecule has 23 nitrogen and oxygen atoms in total. The Morgan fingerprint density at radius 2 is 1.26 bits per heavy atom. The van der Waals surface area contributed by atoms with E-state index in [1.807, 2.05) is 0 Å². The minimum absolute atomic E-state index is 0.0147. The van der Waals surface area contributed by atoms with Crippen molar-refractivity contribution in [1.29, 1.82) is 0 Å². The third-order valence-corrected chi connectivity index (χ3v) is 21.0. The van der Waals surface area contributed by atoms with Gasteiger partial charge < -0.3 is 104 Å². The average Bonchev–Trinajstić information content (AvgIpc) is 3.55. The van der Waals surface area contributed by atoms with Gasteiger partial charge in [0.15, 0.2) is 31.3 Å². The summed E-state index contributed by atoms with van der Waals surface area (Å²) in [5.41, 5.74) is -1.84. The van der Waals surface area contributed by atoms with E-state index in [0.717, 1.165) is 32.0 Å². The van der Waals surface area contributed by atoms with Crippen molar-refractivity contribution in [1.82, 2.24) is 0 Å². The van der Waals surface area contributed by atoms with Crippen LogP contribution in [0.2, 0.25) is 0 Å². The van der Waals surface area contributed by atoms with E-state index < -0.39 is 164 Å². The molecule has 76 heavy (non-hydrogen) atoms. The van der Waals surface area contributed by atoms with Gasteiger partial charge in [-0.2, -0.15) is 0 Å². The molecule has 0 amide bonds. The van der Waals surface area contributed by atoms with Gasteiger partial charge in [-0.15, -0.1) is 0 Å². The Kier molecular flexibility index (Phi) is 16.0. The zero-order chi connectivity index (χ0) is 55.6. The number of aliphatic carboxylic acids is 2. The predicted octanol–water partition coefficient (Wildman–Crippen LogP) is -0.532. The lowest BCUT2D eigenvalue weighted by atomic mass is 9.33. The van der Waals surface area contributed by atoms with Crippen LogP contribution in [0.4, 0.5) is 0 Å². The fourth-order valence-corrected chi connectivity index (χ4v) is 16.1. The molecule has 9 aliphatic rings. The molecule has 9 rings (SSSR count). The van der Waals surface area contributed by atoms with E-state index >= 15 is 0 Å². The first-order valence-electron chi connectivity index (χ1n) is 27.1. The van der Waals surface area contributed by atoms with Crippen LogP contribution in [0.15, 0.2) is 11.6 Å². The number of fused-ring (bicyclic) bond motifs is 7. The molecule has 4 saturated carbocycles. The van der Waals surface area contributed by atoms with Crippen molar-refractivity contribution in [2.24, 2.45) is 50.2 Å². The van der Waals surface area contributed by atoms with Crippen LogP contribution in [0.25, 0.3) is 0 Å². The number of aliphatic hydroxyl groups excluding tert-OH is 10. The molecule has 28 atom stereocenters. The molecule has 0 aromatic heterocycles. The maximum Gasteiger partial charge on any atom is 0.335 e. The molecule has 4 aliphatic heterocycles. The first-order valence-corrected chi connectivity index (χ1v) is 27.1. The van der Waals surface area contributed by atoms with E-state index in [4.69, 9.17) is 37.9 Å². The van der Waals surface area contributed by atoms with Gasteiger partial charge in [0.05, 0.1) is 36.3 Å². The highest BCUT2D eigenvalue weighted by Gasteiger charge is 2.71. The Labute approximate surface area is 441 Å². The molecule has 8 fully saturated rings. The van der Waals surface area contributed by atoms with E-state index in [9.17, 15) is 75.7 Å². The standard InChI is InChI=1S/C53H82O23/c1-22-30(57)32(59)34(61)44(70-22)73-38-25(56)20-69-43(36(38)63)75-40-39(74-45-35(62)33(60)31(58)26(19-54)71-45)37(64)46(76-41(40)42(65)66)72-29-11-12-49(4)27(50(29,5)21-55)10-13-52(7)28(49)9-8-23-24-18-48(2,3)14-16-53(24,47(67)68)17-15-51(23,52)6/h8,21-22,24-41,43-46,54,56-64H,9-20H2,1-7H3,(H,65,66)(H,67,68)/t22-,24?,25+,26+,27?,28?,29-,30-,31-,32+,33-,34+,35+,36+,37+,38-,39+,40+,41-,43-,44-,45-,46+,49-,50+,51?,52+,53-/m0/s1. The Morgan fingerprint density at radius 3 is 1.91 bits per heavy atom. The molecule has 5 aliphatic carbocycles. The number of carbonyl (C=O) groups excluding carboxylic acids is 1. The molecule has 4 unspecified atom stereocenters.